The maximum atomic E-state index is 12.8. The number of nitrogen functional groups attached to an aromatic ring is 1. The van der Waals surface area contributed by atoms with Crippen molar-refractivity contribution in [3.63, 3.8) is 0 Å². The number of halogens is 3. The van der Waals surface area contributed by atoms with Gasteiger partial charge in [-0.3, -0.25) is 0 Å². The van der Waals surface area contributed by atoms with Crippen LogP contribution in [0.1, 0.15) is 33.3 Å². The molecule has 0 saturated carbocycles. The van der Waals surface area contributed by atoms with Crippen molar-refractivity contribution in [1.29, 1.82) is 0 Å². The van der Waals surface area contributed by atoms with Gasteiger partial charge in [0.1, 0.15) is 0 Å². The second-order valence-electron chi connectivity index (χ2n) is 7.21. The fourth-order valence-corrected chi connectivity index (χ4v) is 3.18. The van der Waals surface area contributed by atoms with E-state index < -0.39 is 11.7 Å². The molecule has 0 spiro atoms. The number of benzene rings is 1. The minimum absolute atomic E-state index is 0.0956. The Hall–Kier alpha value is -1.13. The quantitative estimate of drug-likeness (QED) is 0.610. The van der Waals surface area contributed by atoms with Gasteiger partial charge >= 0.3 is 6.18 Å². The highest BCUT2D eigenvalue weighted by molar-refractivity contribution is 6.75. The predicted molar refractivity (Wildman–Crippen MR) is 78.4 cm³/mol. The first kappa shape index (κ1) is 15.3. The molecule has 1 aromatic carbocycles. The molecule has 2 rings (SSSR count). The molecule has 0 unspecified atom stereocenters. The third-order valence-corrected chi connectivity index (χ3v) is 5.20. The van der Waals surface area contributed by atoms with Crippen LogP contribution >= 0.6 is 0 Å². The van der Waals surface area contributed by atoms with Gasteiger partial charge in [0.2, 0.25) is 0 Å². The van der Waals surface area contributed by atoms with E-state index in [1.807, 2.05) is 0 Å². The van der Waals surface area contributed by atoms with Gasteiger partial charge in [-0.15, -0.1) is 0 Å². The third-order valence-electron chi connectivity index (χ3n) is 5.20. The summed E-state index contributed by atoms with van der Waals surface area (Å²) in [6, 6.07) is 3.68. The summed E-state index contributed by atoms with van der Waals surface area (Å²) in [6.45, 7) is 8.81. The molecule has 2 N–H and O–H groups in total. The van der Waals surface area contributed by atoms with Gasteiger partial charge in [0.05, 0.1) is 5.56 Å². The number of hydrogen-bond donors (Lipinski definition) is 1. The lowest BCUT2D eigenvalue weighted by Gasteiger charge is -2.35. The van der Waals surface area contributed by atoms with Crippen LogP contribution in [-0.4, -0.2) is 6.71 Å². The van der Waals surface area contributed by atoms with Gasteiger partial charge in [-0.2, -0.15) is 13.2 Å². The lowest BCUT2D eigenvalue weighted by molar-refractivity contribution is -0.137. The summed E-state index contributed by atoms with van der Waals surface area (Å²) < 4.78 is 38.5. The molecule has 0 aliphatic carbocycles. The Balaban J connectivity index is 2.40. The topological polar surface area (TPSA) is 26.0 Å². The van der Waals surface area contributed by atoms with E-state index in [0.717, 1.165) is 18.7 Å². The van der Waals surface area contributed by atoms with E-state index in [1.54, 1.807) is 0 Å². The maximum Gasteiger partial charge on any atom is 0.416 e. The highest BCUT2D eigenvalue weighted by Crippen LogP contribution is 2.52. The van der Waals surface area contributed by atoms with Crippen LogP contribution in [0.2, 0.25) is 12.6 Å². The Morgan fingerprint density at radius 1 is 1.05 bits per heavy atom. The lowest BCUT2D eigenvalue weighted by atomic mass is 9.41. The van der Waals surface area contributed by atoms with Crippen molar-refractivity contribution in [2.24, 2.45) is 10.8 Å². The monoisotopic (exact) mass is 283 g/mol. The second-order valence-corrected chi connectivity index (χ2v) is 7.21. The van der Waals surface area contributed by atoms with Gasteiger partial charge in [0.25, 0.3) is 0 Å². The van der Waals surface area contributed by atoms with Crippen LogP contribution in [0.25, 0.3) is 0 Å². The van der Waals surface area contributed by atoms with Crippen molar-refractivity contribution in [2.75, 3.05) is 5.73 Å². The van der Waals surface area contributed by atoms with Gasteiger partial charge in [-0.1, -0.05) is 51.9 Å². The van der Waals surface area contributed by atoms with Crippen molar-refractivity contribution < 1.29 is 13.2 Å². The van der Waals surface area contributed by atoms with Crippen LogP contribution in [0.4, 0.5) is 18.9 Å². The van der Waals surface area contributed by atoms with Crippen LogP contribution in [0.5, 0.6) is 0 Å². The highest BCUT2D eigenvalue weighted by Gasteiger charge is 2.48. The Morgan fingerprint density at radius 3 is 2.00 bits per heavy atom. The lowest BCUT2D eigenvalue weighted by Crippen LogP contribution is -2.31. The van der Waals surface area contributed by atoms with Crippen molar-refractivity contribution in [3.05, 3.63) is 23.8 Å². The van der Waals surface area contributed by atoms with Crippen LogP contribution in [0, 0.1) is 10.8 Å². The van der Waals surface area contributed by atoms with Gasteiger partial charge in [0, 0.05) is 5.69 Å². The Bertz CT molecular complexity index is 504. The summed E-state index contributed by atoms with van der Waals surface area (Å²) in [6.07, 6.45) is -2.58. The molecule has 1 fully saturated rings. The smallest absolute Gasteiger partial charge is 0.399 e. The van der Waals surface area contributed by atoms with Crippen LogP contribution in [0.3, 0.4) is 0 Å². The first-order valence-electron chi connectivity index (χ1n) is 6.91. The molecule has 1 aromatic rings. The van der Waals surface area contributed by atoms with Crippen molar-refractivity contribution in [3.8, 4) is 0 Å². The van der Waals surface area contributed by atoms with E-state index in [0.29, 0.717) is 11.2 Å². The Kier molecular flexibility index (Phi) is 3.39. The molecule has 0 atom stereocenters. The molecule has 0 radical (unpaired) electrons. The van der Waals surface area contributed by atoms with E-state index in [1.165, 1.54) is 12.1 Å². The molecule has 5 heteroatoms. The van der Waals surface area contributed by atoms with Crippen molar-refractivity contribution in [2.45, 2.75) is 46.5 Å². The Labute approximate surface area is 118 Å². The minimum atomic E-state index is -4.31. The summed E-state index contributed by atoms with van der Waals surface area (Å²) in [5.74, 6) is 0. The number of anilines is 1. The fraction of sp³-hybridized carbons (Fsp3) is 0.600. The molecule has 0 aromatic heterocycles. The normalized spacial score (nSPS) is 21.2. The number of hydrogen-bond acceptors (Lipinski definition) is 1. The predicted octanol–water partition coefficient (Wildman–Crippen LogP) is 4.06. The number of rotatable bonds is 1. The average molecular weight is 283 g/mol. The molecule has 1 heterocycles. The summed E-state index contributed by atoms with van der Waals surface area (Å²) >= 11 is 0. The van der Waals surface area contributed by atoms with Gasteiger partial charge < -0.3 is 5.73 Å². The summed E-state index contributed by atoms with van der Waals surface area (Å²) in [5.41, 5.74) is 6.63. The number of nitrogens with two attached hydrogens (primary N) is 1. The molecular weight excluding hydrogens is 262 g/mol. The van der Waals surface area contributed by atoms with Crippen LogP contribution < -0.4 is 11.2 Å². The minimum Gasteiger partial charge on any atom is -0.399 e. The molecule has 0 amide bonds. The molecule has 1 saturated heterocycles. The summed E-state index contributed by atoms with van der Waals surface area (Å²) in [4.78, 5) is 0. The van der Waals surface area contributed by atoms with Gasteiger partial charge in [-0.05, 0) is 23.0 Å². The first-order valence-corrected chi connectivity index (χ1v) is 6.91. The standard InChI is InChI=1S/C15H21BF3N/c1-13(2)8-16(9-14(13,3)4)11-7-10(15(17,18)19)5-6-12(11)20/h5-7H,8-9,20H2,1-4H3. The third kappa shape index (κ3) is 2.55. The average Bonchev–Trinajstić information content (AvgIpc) is 2.46. The fourth-order valence-electron chi connectivity index (χ4n) is 3.18. The van der Waals surface area contributed by atoms with Crippen molar-refractivity contribution >= 4 is 17.9 Å². The number of alkyl halides is 3. The van der Waals surface area contributed by atoms with E-state index in [4.69, 9.17) is 5.73 Å². The molecule has 0 bridgehead atoms. The molecule has 1 aliphatic heterocycles. The van der Waals surface area contributed by atoms with E-state index in [9.17, 15) is 13.2 Å². The van der Waals surface area contributed by atoms with E-state index >= 15 is 0 Å². The van der Waals surface area contributed by atoms with Gasteiger partial charge in [0.15, 0.2) is 6.71 Å². The molecule has 20 heavy (non-hydrogen) atoms. The van der Waals surface area contributed by atoms with E-state index in [-0.39, 0.29) is 17.5 Å². The van der Waals surface area contributed by atoms with Gasteiger partial charge in [-0.25, -0.2) is 0 Å². The largest absolute Gasteiger partial charge is 0.416 e. The zero-order chi connectivity index (χ0) is 15.3. The highest BCUT2D eigenvalue weighted by atomic mass is 19.4. The maximum absolute atomic E-state index is 12.8. The molecular formula is C15H21BF3N. The van der Waals surface area contributed by atoms with E-state index in [2.05, 4.69) is 27.7 Å². The zero-order valence-corrected chi connectivity index (χ0v) is 12.4. The van der Waals surface area contributed by atoms with Crippen LogP contribution in [-0.2, 0) is 6.18 Å². The summed E-state index contributed by atoms with van der Waals surface area (Å²) in [5, 5.41) is 0. The van der Waals surface area contributed by atoms with Crippen molar-refractivity contribution in [1.82, 2.24) is 0 Å². The summed E-state index contributed by atoms with van der Waals surface area (Å²) in [7, 11) is 0. The SMILES string of the molecule is CC1(C)CB(c2cc(C(F)(F)F)ccc2N)CC1(C)C. The second kappa shape index (κ2) is 4.44. The zero-order valence-electron chi connectivity index (χ0n) is 12.4. The molecule has 110 valence electrons. The molecule has 1 aliphatic rings. The Morgan fingerprint density at radius 2 is 1.55 bits per heavy atom. The van der Waals surface area contributed by atoms with Crippen LogP contribution in [0.15, 0.2) is 18.2 Å². The molecule has 1 nitrogen and oxygen atoms in total. The first-order chi connectivity index (χ1) is 8.94.